The molecule has 128 valence electrons. The highest BCUT2D eigenvalue weighted by molar-refractivity contribution is 5.75. The van der Waals surface area contributed by atoms with Crippen LogP contribution in [0.25, 0.3) is 0 Å². The van der Waals surface area contributed by atoms with Crippen molar-refractivity contribution in [2.75, 3.05) is 0 Å². The first kappa shape index (κ1) is 19.0. The summed E-state index contributed by atoms with van der Waals surface area (Å²) in [6.07, 6.45) is 1.76. The predicted octanol–water partition coefficient (Wildman–Crippen LogP) is 4.53. The Kier molecular flexibility index (Phi) is 6.50. The van der Waals surface area contributed by atoms with E-state index in [-0.39, 0.29) is 42.9 Å². The van der Waals surface area contributed by atoms with Crippen LogP contribution < -0.4 is 0 Å². The second kappa shape index (κ2) is 7.51. The number of esters is 1. The minimum absolute atomic E-state index is 0.0464. The maximum absolute atomic E-state index is 13.3. The summed E-state index contributed by atoms with van der Waals surface area (Å²) >= 11 is 0. The highest BCUT2D eigenvalue weighted by atomic mass is 19.3. The van der Waals surface area contributed by atoms with Gasteiger partial charge in [0.1, 0.15) is 11.4 Å². The Hall–Kier alpha value is -1.00. The molecule has 0 aliphatic heterocycles. The van der Waals surface area contributed by atoms with Gasteiger partial charge in [-0.2, -0.15) is 0 Å². The van der Waals surface area contributed by atoms with Crippen molar-refractivity contribution in [2.45, 2.75) is 84.2 Å². The van der Waals surface area contributed by atoms with E-state index in [0.29, 0.717) is 25.7 Å². The van der Waals surface area contributed by atoms with E-state index in [4.69, 9.17) is 4.74 Å². The van der Waals surface area contributed by atoms with Crippen LogP contribution in [-0.2, 0) is 14.3 Å². The smallest absolute Gasteiger partial charge is 0.306 e. The van der Waals surface area contributed by atoms with E-state index in [1.54, 1.807) is 20.8 Å². The molecule has 0 radical (unpaired) electrons. The number of ketones is 1. The molecule has 0 amide bonds. The summed E-state index contributed by atoms with van der Waals surface area (Å²) in [5.74, 6) is -2.79. The van der Waals surface area contributed by atoms with Crippen molar-refractivity contribution in [1.82, 2.24) is 0 Å². The zero-order chi connectivity index (χ0) is 17.0. The van der Waals surface area contributed by atoms with Crippen LogP contribution in [0.15, 0.2) is 0 Å². The van der Waals surface area contributed by atoms with Gasteiger partial charge in [0.15, 0.2) is 0 Å². The zero-order valence-electron chi connectivity index (χ0n) is 14.1. The molecule has 0 saturated heterocycles. The van der Waals surface area contributed by atoms with Crippen LogP contribution in [-0.4, -0.2) is 23.3 Å². The molecule has 1 saturated carbocycles. The molecular formula is C17H28F2O3. The Labute approximate surface area is 131 Å². The van der Waals surface area contributed by atoms with Crippen molar-refractivity contribution in [2.24, 2.45) is 11.8 Å². The largest absolute Gasteiger partial charge is 0.460 e. The standard InChI is InChI=1S/C17H28F2O3/c1-12(20)5-6-14(11-15(21)22-16(2,3)4)13-7-9-17(18,19)10-8-13/h13-14H,5-11H2,1-4H3/t14-/m1/s1. The number of rotatable bonds is 6. The van der Waals surface area contributed by atoms with Crippen LogP contribution in [0.3, 0.4) is 0 Å². The summed E-state index contributed by atoms with van der Waals surface area (Å²) in [5.41, 5.74) is -0.554. The Morgan fingerprint density at radius 1 is 1.23 bits per heavy atom. The molecule has 0 unspecified atom stereocenters. The number of hydrogen-bond donors (Lipinski definition) is 0. The zero-order valence-corrected chi connectivity index (χ0v) is 14.1. The van der Waals surface area contributed by atoms with Gasteiger partial charge in [-0.25, -0.2) is 8.78 Å². The average molecular weight is 318 g/mol. The number of hydrogen-bond acceptors (Lipinski definition) is 3. The summed E-state index contributed by atoms with van der Waals surface area (Å²) in [4.78, 5) is 23.2. The molecule has 0 spiro atoms. The van der Waals surface area contributed by atoms with Gasteiger partial charge >= 0.3 is 5.97 Å². The molecule has 1 fully saturated rings. The summed E-state index contributed by atoms with van der Waals surface area (Å²) in [6, 6.07) is 0. The fourth-order valence-electron chi connectivity index (χ4n) is 3.02. The minimum Gasteiger partial charge on any atom is -0.460 e. The summed E-state index contributed by atoms with van der Waals surface area (Å²) in [6.45, 7) is 6.92. The number of alkyl halides is 2. The first-order chi connectivity index (χ1) is 9.98. The van der Waals surface area contributed by atoms with Gasteiger partial charge in [-0.05, 0) is 58.8 Å². The molecule has 0 bridgehead atoms. The highest BCUT2D eigenvalue weighted by Crippen LogP contribution is 2.41. The van der Waals surface area contributed by atoms with Gasteiger partial charge in [-0.15, -0.1) is 0 Å². The topological polar surface area (TPSA) is 43.4 Å². The third-order valence-electron chi connectivity index (χ3n) is 4.14. The molecule has 0 N–H and O–H groups in total. The number of Topliss-reactive ketones (excluding diaryl/α,β-unsaturated/α-hetero) is 1. The maximum atomic E-state index is 13.3. The van der Waals surface area contributed by atoms with Crippen molar-refractivity contribution in [3.8, 4) is 0 Å². The van der Waals surface area contributed by atoms with Crippen LogP contribution in [0, 0.1) is 11.8 Å². The lowest BCUT2D eigenvalue weighted by Gasteiger charge is -2.34. The van der Waals surface area contributed by atoms with Crippen LogP contribution >= 0.6 is 0 Å². The second-order valence-electron chi connectivity index (χ2n) is 7.48. The predicted molar refractivity (Wildman–Crippen MR) is 80.8 cm³/mol. The third kappa shape index (κ3) is 7.32. The van der Waals surface area contributed by atoms with Crippen molar-refractivity contribution in [3.05, 3.63) is 0 Å². The average Bonchev–Trinajstić information content (AvgIpc) is 2.32. The van der Waals surface area contributed by atoms with E-state index >= 15 is 0 Å². The Morgan fingerprint density at radius 3 is 2.23 bits per heavy atom. The van der Waals surface area contributed by atoms with Crippen molar-refractivity contribution >= 4 is 11.8 Å². The maximum Gasteiger partial charge on any atom is 0.306 e. The second-order valence-corrected chi connectivity index (χ2v) is 7.48. The lowest BCUT2D eigenvalue weighted by molar-refractivity contribution is -0.157. The van der Waals surface area contributed by atoms with Crippen LogP contribution in [0.5, 0.6) is 0 Å². The van der Waals surface area contributed by atoms with Gasteiger partial charge in [-0.1, -0.05) is 0 Å². The van der Waals surface area contributed by atoms with Gasteiger partial charge in [0.05, 0.1) is 0 Å². The van der Waals surface area contributed by atoms with Gasteiger partial charge in [-0.3, -0.25) is 4.79 Å². The van der Waals surface area contributed by atoms with Gasteiger partial charge in [0.25, 0.3) is 0 Å². The quantitative estimate of drug-likeness (QED) is 0.676. The fraction of sp³-hybridized carbons (Fsp3) is 0.882. The molecule has 0 aromatic rings. The summed E-state index contributed by atoms with van der Waals surface area (Å²) in [7, 11) is 0. The molecule has 5 heteroatoms. The minimum atomic E-state index is -2.58. The first-order valence-electron chi connectivity index (χ1n) is 8.08. The van der Waals surface area contributed by atoms with Crippen LogP contribution in [0.2, 0.25) is 0 Å². The van der Waals surface area contributed by atoms with Crippen molar-refractivity contribution in [3.63, 3.8) is 0 Å². The number of halogens is 2. The molecule has 1 aliphatic carbocycles. The van der Waals surface area contributed by atoms with Crippen molar-refractivity contribution in [1.29, 1.82) is 0 Å². The van der Waals surface area contributed by atoms with E-state index in [1.807, 2.05) is 0 Å². The highest BCUT2D eigenvalue weighted by Gasteiger charge is 2.38. The first-order valence-corrected chi connectivity index (χ1v) is 8.08. The number of ether oxygens (including phenoxy) is 1. The van der Waals surface area contributed by atoms with Crippen LogP contribution in [0.4, 0.5) is 8.78 Å². The molecule has 0 aromatic heterocycles. The normalized spacial score (nSPS) is 20.5. The molecule has 1 rings (SSSR count). The van der Waals surface area contributed by atoms with Gasteiger partial charge in [0.2, 0.25) is 5.92 Å². The van der Waals surface area contributed by atoms with E-state index in [0.717, 1.165) is 0 Å². The Morgan fingerprint density at radius 2 is 1.77 bits per heavy atom. The summed E-state index contributed by atoms with van der Waals surface area (Å²) < 4.78 is 31.9. The lowest BCUT2D eigenvalue weighted by atomic mass is 9.75. The number of carbonyl (C=O) groups is 2. The molecule has 3 nitrogen and oxygen atoms in total. The van der Waals surface area contributed by atoms with Crippen molar-refractivity contribution < 1.29 is 23.1 Å². The summed E-state index contributed by atoms with van der Waals surface area (Å²) in [5, 5.41) is 0. The van der Waals surface area contributed by atoms with E-state index in [1.165, 1.54) is 6.92 Å². The monoisotopic (exact) mass is 318 g/mol. The van der Waals surface area contributed by atoms with E-state index in [9.17, 15) is 18.4 Å². The fourth-order valence-corrected chi connectivity index (χ4v) is 3.02. The third-order valence-corrected chi connectivity index (χ3v) is 4.14. The molecule has 1 aliphatic rings. The van der Waals surface area contributed by atoms with Crippen LogP contribution in [0.1, 0.15) is 72.6 Å². The molecule has 1 atom stereocenters. The van der Waals surface area contributed by atoms with E-state index < -0.39 is 11.5 Å². The Balaban J connectivity index is 2.63. The molecule has 22 heavy (non-hydrogen) atoms. The Bertz CT molecular complexity index is 389. The molecule has 0 aromatic carbocycles. The number of carbonyl (C=O) groups excluding carboxylic acids is 2. The van der Waals surface area contributed by atoms with Gasteiger partial charge in [0, 0.05) is 25.7 Å². The molecule has 0 heterocycles. The molecular weight excluding hydrogens is 290 g/mol. The van der Waals surface area contributed by atoms with Gasteiger partial charge < -0.3 is 9.53 Å². The SMILES string of the molecule is CC(=O)CC[C@H](CC(=O)OC(C)(C)C)C1CCC(F)(F)CC1. The van der Waals surface area contributed by atoms with E-state index in [2.05, 4.69) is 0 Å². The lowest BCUT2D eigenvalue weighted by Crippen LogP contribution is -2.31.